The molecule has 1 unspecified atom stereocenters. The molecule has 0 heterocycles. The molecule has 0 aliphatic carbocycles. The zero-order chi connectivity index (χ0) is 9.68. The summed E-state index contributed by atoms with van der Waals surface area (Å²) >= 11 is 0. The highest BCUT2D eigenvalue weighted by Crippen LogP contribution is 2.01. The number of rotatable bonds is 4. The van der Waals surface area contributed by atoms with Crippen LogP contribution < -0.4 is 5.32 Å². The van der Waals surface area contributed by atoms with E-state index in [1.807, 2.05) is 37.3 Å². The summed E-state index contributed by atoms with van der Waals surface area (Å²) in [7, 11) is 1.80. The number of benzene rings is 1. The molecule has 0 amide bonds. The van der Waals surface area contributed by atoms with Gasteiger partial charge in [-0.05, 0) is 19.5 Å². The maximum Gasteiger partial charge on any atom is 0.153 e. The molecule has 2 heteroatoms. The second kappa shape index (κ2) is 4.77. The van der Waals surface area contributed by atoms with Gasteiger partial charge in [0.05, 0.1) is 6.04 Å². The van der Waals surface area contributed by atoms with E-state index in [4.69, 9.17) is 0 Å². The molecule has 0 saturated carbocycles. The number of likely N-dealkylation sites (N-methyl/N-ethyl adjacent to an activating group) is 1. The van der Waals surface area contributed by atoms with Gasteiger partial charge >= 0.3 is 0 Å². The first-order chi connectivity index (χ1) is 6.24. The number of hydrogen-bond donors (Lipinski definition) is 1. The lowest BCUT2D eigenvalue weighted by molar-refractivity contribution is -0.119. The van der Waals surface area contributed by atoms with Crippen molar-refractivity contribution in [3.05, 3.63) is 35.9 Å². The van der Waals surface area contributed by atoms with Crippen LogP contribution in [0.25, 0.3) is 0 Å². The fourth-order valence-corrected chi connectivity index (χ4v) is 1.11. The molecule has 0 aliphatic rings. The topological polar surface area (TPSA) is 29.1 Å². The van der Waals surface area contributed by atoms with Crippen molar-refractivity contribution in [3.63, 3.8) is 0 Å². The van der Waals surface area contributed by atoms with E-state index in [1.54, 1.807) is 7.05 Å². The molecule has 2 nitrogen and oxygen atoms in total. The van der Waals surface area contributed by atoms with E-state index in [0.717, 1.165) is 5.56 Å². The van der Waals surface area contributed by atoms with E-state index in [1.165, 1.54) is 0 Å². The predicted octanol–water partition coefficient (Wildman–Crippen LogP) is 1.41. The first-order valence-corrected chi connectivity index (χ1v) is 4.48. The minimum absolute atomic E-state index is 0.0554. The van der Waals surface area contributed by atoms with Crippen molar-refractivity contribution in [3.8, 4) is 0 Å². The molecule has 0 aliphatic heterocycles. The van der Waals surface area contributed by atoms with Crippen LogP contribution in [0.1, 0.15) is 12.5 Å². The maximum atomic E-state index is 11.5. The molecule has 70 valence electrons. The summed E-state index contributed by atoms with van der Waals surface area (Å²) in [6.07, 6.45) is 0.517. The van der Waals surface area contributed by atoms with Crippen molar-refractivity contribution < 1.29 is 4.79 Å². The van der Waals surface area contributed by atoms with Crippen LogP contribution in [-0.2, 0) is 11.2 Å². The largest absolute Gasteiger partial charge is 0.311 e. The van der Waals surface area contributed by atoms with Crippen LogP contribution in [0.5, 0.6) is 0 Å². The van der Waals surface area contributed by atoms with E-state index in [9.17, 15) is 4.79 Å². The number of hydrogen-bond acceptors (Lipinski definition) is 2. The van der Waals surface area contributed by atoms with E-state index < -0.39 is 0 Å². The van der Waals surface area contributed by atoms with E-state index >= 15 is 0 Å². The molecule has 1 rings (SSSR count). The van der Waals surface area contributed by atoms with Gasteiger partial charge in [0.2, 0.25) is 0 Å². The summed E-state index contributed by atoms with van der Waals surface area (Å²) in [5.41, 5.74) is 1.08. The molecule has 0 saturated heterocycles. The summed E-state index contributed by atoms with van der Waals surface area (Å²) in [4.78, 5) is 11.5. The molecular weight excluding hydrogens is 162 g/mol. The van der Waals surface area contributed by atoms with Gasteiger partial charge in [0.15, 0.2) is 5.78 Å². The van der Waals surface area contributed by atoms with E-state index in [0.29, 0.717) is 6.42 Å². The van der Waals surface area contributed by atoms with Crippen LogP contribution >= 0.6 is 0 Å². The highest BCUT2D eigenvalue weighted by molar-refractivity contribution is 5.85. The van der Waals surface area contributed by atoms with Crippen molar-refractivity contribution in [2.24, 2.45) is 0 Å². The molecule has 13 heavy (non-hydrogen) atoms. The van der Waals surface area contributed by atoms with E-state index in [-0.39, 0.29) is 11.8 Å². The second-order valence-corrected chi connectivity index (χ2v) is 3.14. The van der Waals surface area contributed by atoms with Crippen LogP contribution in [0, 0.1) is 0 Å². The average molecular weight is 177 g/mol. The lowest BCUT2D eigenvalue weighted by Crippen LogP contribution is -2.31. The monoisotopic (exact) mass is 177 g/mol. The minimum Gasteiger partial charge on any atom is -0.311 e. The number of carbonyl (C=O) groups excluding carboxylic acids is 1. The maximum absolute atomic E-state index is 11.5. The molecule has 0 spiro atoms. The van der Waals surface area contributed by atoms with Crippen molar-refractivity contribution in [2.75, 3.05) is 7.05 Å². The quantitative estimate of drug-likeness (QED) is 0.753. The van der Waals surface area contributed by atoms with Gasteiger partial charge in [-0.15, -0.1) is 0 Å². The number of nitrogens with one attached hydrogen (secondary N) is 1. The Morgan fingerprint density at radius 3 is 2.54 bits per heavy atom. The molecule has 1 atom stereocenters. The van der Waals surface area contributed by atoms with Crippen LogP contribution in [0.15, 0.2) is 30.3 Å². The lowest BCUT2D eigenvalue weighted by Gasteiger charge is -2.08. The average Bonchev–Trinajstić information content (AvgIpc) is 2.18. The molecule has 1 aromatic carbocycles. The molecule has 1 N–H and O–H groups in total. The molecule has 0 bridgehead atoms. The number of ketones is 1. The Morgan fingerprint density at radius 1 is 1.38 bits per heavy atom. The van der Waals surface area contributed by atoms with Crippen molar-refractivity contribution in [1.82, 2.24) is 5.32 Å². The van der Waals surface area contributed by atoms with Gasteiger partial charge in [0, 0.05) is 6.42 Å². The summed E-state index contributed by atoms with van der Waals surface area (Å²) in [6, 6.07) is 9.75. The Bertz CT molecular complexity index is 269. The summed E-state index contributed by atoms with van der Waals surface area (Å²) in [5, 5.41) is 2.94. The summed E-state index contributed by atoms with van der Waals surface area (Å²) in [5.74, 6) is 0.230. The molecule has 0 radical (unpaired) electrons. The third kappa shape index (κ3) is 2.99. The fraction of sp³-hybridized carbons (Fsp3) is 0.364. The Labute approximate surface area is 79.0 Å². The summed E-state index contributed by atoms with van der Waals surface area (Å²) in [6.45, 7) is 1.88. The summed E-state index contributed by atoms with van der Waals surface area (Å²) < 4.78 is 0. The Balaban J connectivity index is 2.55. The van der Waals surface area contributed by atoms with Crippen LogP contribution in [0.3, 0.4) is 0 Å². The Morgan fingerprint density at radius 2 is 2.00 bits per heavy atom. The number of Topliss-reactive ketones (excluding diaryl/α,β-unsaturated/α-hetero) is 1. The standard InChI is InChI=1S/C11H15NO/c1-9(12-2)11(13)8-10-6-4-3-5-7-10/h3-7,9,12H,8H2,1-2H3. The van der Waals surface area contributed by atoms with Gasteiger partial charge in [0.25, 0.3) is 0 Å². The first-order valence-electron chi connectivity index (χ1n) is 4.48. The predicted molar refractivity (Wildman–Crippen MR) is 53.7 cm³/mol. The Kier molecular flexibility index (Phi) is 3.65. The normalized spacial score (nSPS) is 12.5. The highest BCUT2D eigenvalue weighted by Gasteiger charge is 2.09. The molecule has 0 aromatic heterocycles. The van der Waals surface area contributed by atoms with Crippen LogP contribution in [0.4, 0.5) is 0 Å². The minimum atomic E-state index is -0.0554. The van der Waals surface area contributed by atoms with Crippen molar-refractivity contribution in [2.45, 2.75) is 19.4 Å². The zero-order valence-corrected chi connectivity index (χ0v) is 8.08. The van der Waals surface area contributed by atoms with Gasteiger partial charge in [-0.1, -0.05) is 30.3 Å². The van der Waals surface area contributed by atoms with Gasteiger partial charge in [-0.25, -0.2) is 0 Å². The molecular formula is C11H15NO. The van der Waals surface area contributed by atoms with Crippen LogP contribution in [-0.4, -0.2) is 18.9 Å². The van der Waals surface area contributed by atoms with Gasteiger partial charge in [0.1, 0.15) is 0 Å². The smallest absolute Gasteiger partial charge is 0.153 e. The van der Waals surface area contributed by atoms with Gasteiger partial charge in [-0.3, -0.25) is 4.79 Å². The third-order valence-corrected chi connectivity index (χ3v) is 2.14. The Hall–Kier alpha value is -1.15. The van der Waals surface area contributed by atoms with Crippen molar-refractivity contribution in [1.29, 1.82) is 0 Å². The number of carbonyl (C=O) groups is 1. The molecule has 1 aromatic rings. The lowest BCUT2D eigenvalue weighted by atomic mass is 10.1. The highest BCUT2D eigenvalue weighted by atomic mass is 16.1. The van der Waals surface area contributed by atoms with Crippen molar-refractivity contribution >= 4 is 5.78 Å². The SMILES string of the molecule is CNC(C)C(=O)Cc1ccccc1. The zero-order valence-electron chi connectivity index (χ0n) is 8.08. The first kappa shape index (κ1) is 9.93. The van der Waals surface area contributed by atoms with Gasteiger partial charge < -0.3 is 5.32 Å². The fourth-order valence-electron chi connectivity index (χ4n) is 1.11. The van der Waals surface area contributed by atoms with Crippen LogP contribution in [0.2, 0.25) is 0 Å². The second-order valence-electron chi connectivity index (χ2n) is 3.14. The van der Waals surface area contributed by atoms with Gasteiger partial charge in [-0.2, -0.15) is 0 Å². The molecule has 0 fully saturated rings. The third-order valence-electron chi connectivity index (χ3n) is 2.14. The van der Waals surface area contributed by atoms with E-state index in [2.05, 4.69) is 5.32 Å².